The van der Waals surface area contributed by atoms with Gasteiger partial charge in [0.25, 0.3) is 0 Å². The molecule has 3 aliphatic rings. The van der Waals surface area contributed by atoms with Crippen molar-refractivity contribution in [1.82, 2.24) is 0 Å². The Morgan fingerprint density at radius 1 is 0.459 bits per heavy atom. The van der Waals surface area contributed by atoms with Gasteiger partial charge in [0, 0.05) is 0 Å². The smallest absolute Gasteiger partial charge is 0.346 e. The number of carbonyl (C=O) groups excluding carboxylic acids is 4. The van der Waals surface area contributed by atoms with E-state index >= 15 is 0 Å². The minimum Gasteiger partial charge on any atom is -0.508 e. The van der Waals surface area contributed by atoms with Crippen LogP contribution in [0.2, 0.25) is 0 Å². The molecular formula is C49H38O12. The van der Waals surface area contributed by atoms with E-state index in [-0.39, 0.29) is 33.4 Å². The number of ether oxygens (including phenoxy) is 2. The summed E-state index contributed by atoms with van der Waals surface area (Å²) in [6.45, 7) is 4.36. The van der Waals surface area contributed by atoms with Crippen LogP contribution in [-0.2, 0) is 27.7 Å². The zero-order valence-electron chi connectivity index (χ0n) is 32.9. The Kier molecular flexibility index (Phi) is 11.4. The van der Waals surface area contributed by atoms with Gasteiger partial charge in [0.1, 0.15) is 11.5 Å². The second-order valence-electron chi connectivity index (χ2n) is 14.5. The molecule has 6 aromatic rings. The molecule has 4 N–H and O–H groups in total. The number of rotatable bonds is 8. The Hall–Kier alpha value is -7.86. The fourth-order valence-electron chi connectivity index (χ4n) is 8.24. The van der Waals surface area contributed by atoms with Gasteiger partial charge in [-0.1, -0.05) is 87.4 Å². The van der Waals surface area contributed by atoms with Gasteiger partial charge in [-0.3, -0.25) is 0 Å². The van der Waals surface area contributed by atoms with Gasteiger partial charge in [-0.2, -0.15) is 0 Å². The SMILES string of the molecule is CCCc1cc(O)ccc1C1(c2ccc(O)cc2CCC)c2ccccc2-c2ccccc21.O=C(O)c1ccc2c(c1)C(=O)OC2=O.O=C(O)c1ccc2c(c1)C(=O)OC2=O. The number of benzene rings is 6. The third kappa shape index (κ3) is 7.51. The number of carboxylic acid groups (broad SMARTS) is 2. The highest BCUT2D eigenvalue weighted by Crippen LogP contribution is 2.58. The quantitative estimate of drug-likeness (QED) is 0.0840. The normalized spacial score (nSPS) is 13.6. The first kappa shape index (κ1) is 41.3. The van der Waals surface area contributed by atoms with Gasteiger partial charge in [-0.05, 0) is 118 Å². The third-order valence-electron chi connectivity index (χ3n) is 10.8. The molecule has 306 valence electrons. The summed E-state index contributed by atoms with van der Waals surface area (Å²) in [4.78, 5) is 65.1. The zero-order chi connectivity index (χ0) is 43.6. The summed E-state index contributed by atoms with van der Waals surface area (Å²) < 4.78 is 8.59. The van der Waals surface area contributed by atoms with E-state index in [4.69, 9.17) is 10.2 Å². The van der Waals surface area contributed by atoms with Crippen LogP contribution in [0.3, 0.4) is 0 Å². The summed E-state index contributed by atoms with van der Waals surface area (Å²) in [5.41, 5.74) is 9.41. The molecule has 61 heavy (non-hydrogen) atoms. The van der Waals surface area contributed by atoms with Crippen molar-refractivity contribution in [3.8, 4) is 22.6 Å². The number of carboxylic acids is 2. The second kappa shape index (κ2) is 16.8. The third-order valence-corrected chi connectivity index (χ3v) is 10.8. The van der Waals surface area contributed by atoms with Gasteiger partial charge in [0.15, 0.2) is 0 Å². The maximum atomic E-state index is 11.0. The van der Waals surface area contributed by atoms with Crippen molar-refractivity contribution in [2.24, 2.45) is 0 Å². The lowest BCUT2D eigenvalue weighted by Crippen LogP contribution is -2.31. The number of esters is 4. The summed E-state index contributed by atoms with van der Waals surface area (Å²) >= 11 is 0. The van der Waals surface area contributed by atoms with Crippen LogP contribution in [0.15, 0.2) is 121 Å². The van der Waals surface area contributed by atoms with Crippen LogP contribution in [-0.4, -0.2) is 56.2 Å². The van der Waals surface area contributed by atoms with Crippen molar-refractivity contribution in [3.63, 3.8) is 0 Å². The molecule has 12 nitrogen and oxygen atoms in total. The highest BCUT2D eigenvalue weighted by Gasteiger charge is 2.48. The van der Waals surface area contributed by atoms with Gasteiger partial charge in [0.2, 0.25) is 0 Å². The minimum absolute atomic E-state index is 0.00917. The van der Waals surface area contributed by atoms with Crippen LogP contribution >= 0.6 is 0 Å². The number of hydrogen-bond acceptors (Lipinski definition) is 10. The fourth-order valence-corrected chi connectivity index (χ4v) is 8.24. The molecule has 12 heteroatoms. The molecule has 0 amide bonds. The number of phenols is 2. The zero-order valence-corrected chi connectivity index (χ0v) is 32.9. The number of phenolic OH excluding ortho intramolecular Hbond substituents is 2. The molecular weight excluding hydrogens is 781 g/mol. The van der Waals surface area contributed by atoms with Crippen molar-refractivity contribution < 1.29 is 58.7 Å². The predicted molar refractivity (Wildman–Crippen MR) is 221 cm³/mol. The van der Waals surface area contributed by atoms with Crippen LogP contribution in [0.1, 0.15) is 122 Å². The summed E-state index contributed by atoms with van der Waals surface area (Å²) in [6.07, 6.45) is 3.76. The number of aryl methyl sites for hydroxylation is 2. The fraction of sp³-hybridized carbons (Fsp3) is 0.143. The number of cyclic esters (lactones) is 4. The van der Waals surface area contributed by atoms with E-state index in [0.717, 1.165) is 37.8 Å². The minimum atomic E-state index is -1.15. The highest BCUT2D eigenvalue weighted by atomic mass is 16.6. The molecule has 0 unspecified atom stereocenters. The van der Waals surface area contributed by atoms with Crippen LogP contribution in [0.4, 0.5) is 0 Å². The second-order valence-corrected chi connectivity index (χ2v) is 14.5. The number of carbonyl (C=O) groups is 6. The largest absolute Gasteiger partial charge is 0.508 e. The monoisotopic (exact) mass is 818 g/mol. The molecule has 1 aliphatic carbocycles. The number of hydrogen-bond donors (Lipinski definition) is 4. The van der Waals surface area contributed by atoms with E-state index < -0.39 is 41.2 Å². The maximum Gasteiger partial charge on any atom is 0.346 e. The Morgan fingerprint density at radius 3 is 1.21 bits per heavy atom. The molecule has 0 saturated heterocycles. The van der Waals surface area contributed by atoms with Crippen LogP contribution in [0.25, 0.3) is 11.1 Å². The van der Waals surface area contributed by atoms with Crippen molar-refractivity contribution in [1.29, 1.82) is 0 Å². The van der Waals surface area contributed by atoms with Crippen molar-refractivity contribution >= 4 is 35.8 Å². The summed E-state index contributed by atoms with van der Waals surface area (Å²) in [7, 11) is 0. The lowest BCUT2D eigenvalue weighted by atomic mass is 9.64. The first-order chi connectivity index (χ1) is 29.3. The van der Waals surface area contributed by atoms with E-state index in [1.807, 2.05) is 24.3 Å². The Morgan fingerprint density at radius 2 is 0.836 bits per heavy atom. The topological polar surface area (TPSA) is 202 Å². The molecule has 0 aromatic heterocycles. The molecule has 6 aromatic carbocycles. The van der Waals surface area contributed by atoms with Crippen molar-refractivity contribution in [2.45, 2.75) is 44.9 Å². The molecule has 0 radical (unpaired) electrons. The first-order valence-electron chi connectivity index (χ1n) is 19.4. The molecule has 0 saturated carbocycles. The van der Waals surface area contributed by atoms with Crippen LogP contribution in [0, 0.1) is 0 Å². The summed E-state index contributed by atoms with van der Waals surface area (Å²) in [5.74, 6) is -4.77. The lowest BCUT2D eigenvalue weighted by molar-refractivity contribution is 0.0425. The molecule has 0 bridgehead atoms. The van der Waals surface area contributed by atoms with Gasteiger partial charge < -0.3 is 29.9 Å². The Balaban J connectivity index is 0.000000164. The predicted octanol–water partition coefficient (Wildman–Crippen LogP) is 8.76. The molecule has 0 spiro atoms. The van der Waals surface area contributed by atoms with Gasteiger partial charge >= 0.3 is 35.8 Å². The number of fused-ring (bicyclic) bond motifs is 5. The van der Waals surface area contributed by atoms with Gasteiger partial charge in [0.05, 0.1) is 38.8 Å². The van der Waals surface area contributed by atoms with E-state index in [9.17, 15) is 39.0 Å². The average molecular weight is 819 g/mol. The standard InChI is InChI=1S/C31H30O2.2C9H4O5/c1-3-9-21-19-23(32)15-17-27(21)31(28-18-16-24(33)20-22(28)10-4-2)29-13-7-5-11-25(29)26-12-6-8-14-30(26)31;2*10-7(11)4-1-2-5-6(3-4)9(13)14-8(5)12/h5-8,11-20,32-33H,3-4,9-10H2,1-2H3;2*1-3H,(H,10,11). The van der Waals surface area contributed by atoms with Crippen molar-refractivity contribution in [3.05, 3.63) is 188 Å². The van der Waals surface area contributed by atoms with E-state index in [0.29, 0.717) is 11.5 Å². The number of aromatic carboxylic acids is 2. The lowest BCUT2D eigenvalue weighted by Gasteiger charge is -2.37. The maximum absolute atomic E-state index is 11.0. The number of aromatic hydroxyl groups is 2. The molecule has 9 rings (SSSR count). The van der Waals surface area contributed by atoms with Crippen LogP contribution in [0.5, 0.6) is 11.5 Å². The van der Waals surface area contributed by atoms with Gasteiger partial charge in [-0.25, -0.2) is 28.8 Å². The molecule has 2 aliphatic heterocycles. The molecule has 0 fully saturated rings. The Bertz CT molecular complexity index is 2610. The summed E-state index contributed by atoms with van der Waals surface area (Å²) in [5, 5.41) is 38.1. The van der Waals surface area contributed by atoms with E-state index in [2.05, 4.69) is 84.0 Å². The first-order valence-corrected chi connectivity index (χ1v) is 19.4. The van der Waals surface area contributed by atoms with E-state index in [1.165, 1.54) is 68.8 Å². The van der Waals surface area contributed by atoms with Crippen LogP contribution < -0.4 is 0 Å². The van der Waals surface area contributed by atoms with Gasteiger partial charge in [-0.15, -0.1) is 0 Å². The molecule has 2 heterocycles. The average Bonchev–Trinajstić information content (AvgIpc) is 3.83. The van der Waals surface area contributed by atoms with E-state index in [1.54, 1.807) is 0 Å². The van der Waals surface area contributed by atoms with Crippen molar-refractivity contribution in [2.75, 3.05) is 0 Å². The summed E-state index contributed by atoms with van der Waals surface area (Å²) in [6, 6.07) is 36.4. The Labute approximate surface area is 349 Å². The molecule has 0 atom stereocenters. The highest BCUT2D eigenvalue weighted by molar-refractivity contribution is 6.16.